The summed E-state index contributed by atoms with van der Waals surface area (Å²) in [6.07, 6.45) is 4.39. The lowest BCUT2D eigenvalue weighted by Crippen LogP contribution is -2.30. The quantitative estimate of drug-likeness (QED) is 0.493. The van der Waals surface area contributed by atoms with Gasteiger partial charge < -0.3 is 11.1 Å². The second kappa shape index (κ2) is 8.13. The van der Waals surface area contributed by atoms with Gasteiger partial charge in [0.2, 0.25) is 0 Å². The fraction of sp³-hybridized carbons (Fsp3) is 0.0588. The first-order valence-electron chi connectivity index (χ1n) is 7.68. The van der Waals surface area contributed by atoms with Gasteiger partial charge in [-0.3, -0.25) is 20.6 Å². The summed E-state index contributed by atoms with van der Waals surface area (Å²) in [5, 5.41) is 3.80. The molecule has 3 aromatic rings. The van der Waals surface area contributed by atoms with E-state index in [9.17, 15) is 4.79 Å². The van der Waals surface area contributed by atoms with Gasteiger partial charge in [-0.15, -0.1) is 0 Å². The normalized spacial score (nSPS) is 10.2. The zero-order valence-electron chi connectivity index (χ0n) is 13.6. The van der Waals surface area contributed by atoms with Crippen molar-refractivity contribution in [1.29, 1.82) is 0 Å². The molecule has 0 aliphatic carbocycles. The van der Waals surface area contributed by atoms with Crippen molar-refractivity contribution in [1.82, 2.24) is 20.4 Å². The second-order valence-electron chi connectivity index (χ2n) is 5.29. The summed E-state index contributed by atoms with van der Waals surface area (Å²) >= 11 is 5.87. The maximum absolute atomic E-state index is 12.0. The molecule has 0 aliphatic rings. The Labute approximate surface area is 154 Å². The van der Waals surface area contributed by atoms with Crippen LogP contribution in [0.2, 0.25) is 5.02 Å². The summed E-state index contributed by atoms with van der Waals surface area (Å²) in [6, 6.07) is 10.7. The fourth-order valence-corrected chi connectivity index (χ4v) is 2.24. The van der Waals surface area contributed by atoms with E-state index in [1.54, 1.807) is 18.3 Å². The largest absolute Gasteiger partial charge is 0.393 e. The summed E-state index contributed by atoms with van der Waals surface area (Å²) in [6.45, 7) is 0.514. The molecule has 0 atom stereocenters. The molecule has 0 saturated heterocycles. The number of amides is 1. The van der Waals surface area contributed by atoms with Crippen molar-refractivity contribution in [2.45, 2.75) is 6.54 Å². The summed E-state index contributed by atoms with van der Waals surface area (Å²) in [4.78, 5) is 24.1. The lowest BCUT2D eigenvalue weighted by atomic mass is 10.2. The Hall–Kier alpha value is -3.39. The average molecular weight is 370 g/mol. The summed E-state index contributed by atoms with van der Waals surface area (Å²) in [5.74, 6) is 0.385. The molecule has 5 N–H and O–H groups in total. The van der Waals surface area contributed by atoms with E-state index in [1.807, 2.05) is 24.3 Å². The number of carbonyl (C=O) groups is 1. The minimum atomic E-state index is -0.355. The highest BCUT2D eigenvalue weighted by atomic mass is 35.5. The third-order valence-corrected chi connectivity index (χ3v) is 3.73. The van der Waals surface area contributed by atoms with E-state index in [2.05, 4.69) is 31.1 Å². The maximum atomic E-state index is 12.0. The highest BCUT2D eigenvalue weighted by Gasteiger charge is 2.10. The van der Waals surface area contributed by atoms with Crippen LogP contribution in [0.5, 0.6) is 0 Å². The van der Waals surface area contributed by atoms with Gasteiger partial charge in [-0.2, -0.15) is 0 Å². The number of nitrogen functional groups attached to an aromatic ring is 1. The molecule has 0 unspecified atom stereocenters. The van der Waals surface area contributed by atoms with Crippen molar-refractivity contribution >= 4 is 34.8 Å². The van der Waals surface area contributed by atoms with Gasteiger partial charge in [-0.05, 0) is 29.8 Å². The molecule has 2 heterocycles. The standard InChI is InChI=1S/C17H16ClN7O/c18-13-5-3-11(4-6-13)8-21-15-14(19)16(23-10-22-15)24-25-17(26)12-2-1-7-20-9-12/h1-7,9-10H,8,19H2,(H,25,26)(H2,21,22,23,24). The van der Waals surface area contributed by atoms with Crippen LogP contribution < -0.4 is 21.9 Å². The van der Waals surface area contributed by atoms with Crippen molar-refractivity contribution in [3.8, 4) is 0 Å². The first kappa shape index (κ1) is 17.4. The molecular weight excluding hydrogens is 354 g/mol. The van der Waals surface area contributed by atoms with Crippen LogP contribution in [0.4, 0.5) is 17.3 Å². The van der Waals surface area contributed by atoms with E-state index in [4.69, 9.17) is 17.3 Å². The van der Waals surface area contributed by atoms with Crippen LogP contribution in [0.25, 0.3) is 0 Å². The number of rotatable bonds is 6. The molecule has 0 radical (unpaired) electrons. The Morgan fingerprint density at radius 1 is 1.12 bits per heavy atom. The summed E-state index contributed by atoms with van der Waals surface area (Å²) in [7, 11) is 0. The zero-order valence-corrected chi connectivity index (χ0v) is 14.4. The highest BCUT2D eigenvalue weighted by Crippen LogP contribution is 2.22. The molecule has 26 heavy (non-hydrogen) atoms. The minimum absolute atomic E-state index is 0.285. The number of hydrogen-bond acceptors (Lipinski definition) is 7. The predicted molar refractivity (Wildman–Crippen MR) is 101 cm³/mol. The van der Waals surface area contributed by atoms with Crippen molar-refractivity contribution in [2.24, 2.45) is 0 Å². The molecule has 9 heteroatoms. The molecule has 1 aromatic carbocycles. The van der Waals surface area contributed by atoms with Gasteiger partial charge >= 0.3 is 0 Å². The van der Waals surface area contributed by atoms with E-state index in [0.29, 0.717) is 22.9 Å². The van der Waals surface area contributed by atoms with Crippen molar-refractivity contribution in [3.63, 3.8) is 0 Å². The van der Waals surface area contributed by atoms with Crippen LogP contribution in [0, 0.1) is 0 Å². The number of nitrogens with one attached hydrogen (secondary N) is 3. The SMILES string of the molecule is Nc1c(NCc2ccc(Cl)cc2)ncnc1NNC(=O)c1cccnc1. The average Bonchev–Trinajstić information content (AvgIpc) is 2.68. The number of nitrogens with zero attached hydrogens (tertiary/aromatic N) is 3. The lowest BCUT2D eigenvalue weighted by molar-refractivity contribution is 0.0962. The number of carbonyl (C=O) groups excluding carboxylic acids is 1. The number of benzene rings is 1. The Morgan fingerprint density at radius 2 is 1.88 bits per heavy atom. The summed E-state index contributed by atoms with van der Waals surface area (Å²) < 4.78 is 0. The van der Waals surface area contributed by atoms with E-state index < -0.39 is 0 Å². The predicted octanol–water partition coefficient (Wildman–Crippen LogP) is 2.48. The monoisotopic (exact) mass is 369 g/mol. The molecule has 1 amide bonds. The summed E-state index contributed by atoms with van der Waals surface area (Å²) in [5.41, 5.74) is 13.0. The molecule has 0 aliphatic heterocycles. The van der Waals surface area contributed by atoms with Gasteiger partial charge in [0.1, 0.15) is 12.0 Å². The second-order valence-corrected chi connectivity index (χ2v) is 5.72. The number of hydrazine groups is 1. The van der Waals surface area contributed by atoms with Gasteiger partial charge in [0, 0.05) is 24.0 Å². The number of nitrogens with two attached hydrogens (primary N) is 1. The Morgan fingerprint density at radius 3 is 2.62 bits per heavy atom. The van der Waals surface area contributed by atoms with E-state index in [0.717, 1.165) is 5.56 Å². The number of aromatic nitrogens is 3. The molecule has 0 fully saturated rings. The third-order valence-electron chi connectivity index (χ3n) is 3.48. The molecule has 0 saturated carbocycles. The molecule has 8 nitrogen and oxygen atoms in total. The van der Waals surface area contributed by atoms with E-state index >= 15 is 0 Å². The maximum Gasteiger partial charge on any atom is 0.271 e. The van der Waals surface area contributed by atoms with Crippen molar-refractivity contribution in [3.05, 3.63) is 71.3 Å². The molecule has 0 spiro atoms. The Balaban J connectivity index is 1.63. The smallest absolute Gasteiger partial charge is 0.271 e. The van der Waals surface area contributed by atoms with Gasteiger partial charge in [-0.1, -0.05) is 23.7 Å². The Kier molecular flexibility index (Phi) is 5.45. The van der Waals surface area contributed by atoms with Gasteiger partial charge in [0.25, 0.3) is 5.91 Å². The molecule has 0 bridgehead atoms. The van der Waals surface area contributed by atoms with Crippen LogP contribution >= 0.6 is 11.6 Å². The number of halogens is 1. The number of pyridine rings is 1. The van der Waals surface area contributed by atoms with E-state index in [1.165, 1.54) is 12.5 Å². The highest BCUT2D eigenvalue weighted by molar-refractivity contribution is 6.30. The Bertz CT molecular complexity index is 887. The zero-order chi connectivity index (χ0) is 18.4. The molecule has 132 valence electrons. The van der Waals surface area contributed by atoms with Gasteiger partial charge in [0.05, 0.1) is 5.56 Å². The first-order chi connectivity index (χ1) is 12.6. The van der Waals surface area contributed by atoms with E-state index in [-0.39, 0.29) is 17.4 Å². The van der Waals surface area contributed by atoms with Gasteiger partial charge in [0.15, 0.2) is 11.6 Å². The van der Waals surface area contributed by atoms with Crippen LogP contribution in [0.3, 0.4) is 0 Å². The number of hydrogen-bond donors (Lipinski definition) is 4. The van der Waals surface area contributed by atoms with Crippen molar-refractivity contribution in [2.75, 3.05) is 16.5 Å². The minimum Gasteiger partial charge on any atom is -0.393 e. The molecular formula is C17H16ClN7O. The van der Waals surface area contributed by atoms with Crippen LogP contribution in [0.1, 0.15) is 15.9 Å². The fourth-order valence-electron chi connectivity index (χ4n) is 2.11. The third kappa shape index (κ3) is 4.37. The first-order valence-corrected chi connectivity index (χ1v) is 8.06. The van der Waals surface area contributed by atoms with Crippen molar-refractivity contribution < 1.29 is 4.79 Å². The van der Waals surface area contributed by atoms with Crippen LogP contribution in [-0.4, -0.2) is 20.9 Å². The van der Waals surface area contributed by atoms with Crippen LogP contribution in [0.15, 0.2) is 55.1 Å². The molecule has 3 rings (SSSR count). The van der Waals surface area contributed by atoms with Crippen LogP contribution in [-0.2, 0) is 6.54 Å². The van der Waals surface area contributed by atoms with Gasteiger partial charge in [-0.25, -0.2) is 9.97 Å². The lowest BCUT2D eigenvalue weighted by Gasteiger charge is -2.13. The number of anilines is 3. The topological polar surface area (TPSA) is 118 Å². The molecule has 2 aromatic heterocycles.